The standard InChI is InChI=1S/C38H43F3N4O4/c1-4-25-49-26-24-42(3)37(48)35(27-31-8-6-5-7-9-31)45(36(47)19-14-30-10-15-33(16-11-30)38(39,40)41)28-32-12-17-34(18-13-32)44-22-20-43(21-23-44)29(2)46/h4-19,35H,1,20-28H2,2-3H3. The second-order valence-corrected chi connectivity index (χ2v) is 11.9. The maximum Gasteiger partial charge on any atom is 0.416 e. The molecule has 11 heteroatoms. The second kappa shape index (κ2) is 17.5. The summed E-state index contributed by atoms with van der Waals surface area (Å²) >= 11 is 0. The van der Waals surface area contributed by atoms with Crippen molar-refractivity contribution in [3.63, 3.8) is 0 Å². The van der Waals surface area contributed by atoms with Crippen LogP contribution < -0.4 is 4.90 Å². The van der Waals surface area contributed by atoms with E-state index in [2.05, 4.69) is 11.5 Å². The van der Waals surface area contributed by atoms with Gasteiger partial charge in [-0.25, -0.2) is 0 Å². The molecule has 0 saturated carbocycles. The van der Waals surface area contributed by atoms with Gasteiger partial charge in [0, 0.05) is 71.4 Å². The van der Waals surface area contributed by atoms with Gasteiger partial charge >= 0.3 is 6.18 Å². The number of hydrogen-bond donors (Lipinski definition) is 0. The van der Waals surface area contributed by atoms with Crippen LogP contribution in [0, 0.1) is 0 Å². The molecule has 4 rings (SSSR count). The Morgan fingerprint density at radius 3 is 2.16 bits per heavy atom. The Bertz CT molecular complexity index is 1570. The predicted molar refractivity (Wildman–Crippen MR) is 185 cm³/mol. The average Bonchev–Trinajstić information content (AvgIpc) is 3.10. The summed E-state index contributed by atoms with van der Waals surface area (Å²) in [5.41, 5.74) is 2.28. The van der Waals surface area contributed by atoms with E-state index in [1.807, 2.05) is 59.5 Å². The van der Waals surface area contributed by atoms with Crippen LogP contribution in [0.2, 0.25) is 0 Å². The minimum atomic E-state index is -4.47. The minimum absolute atomic E-state index is 0.0571. The van der Waals surface area contributed by atoms with Gasteiger partial charge in [0.25, 0.3) is 0 Å². The van der Waals surface area contributed by atoms with Gasteiger partial charge in [-0.3, -0.25) is 14.4 Å². The number of amides is 3. The van der Waals surface area contributed by atoms with Crippen LogP contribution in [-0.2, 0) is 38.3 Å². The highest BCUT2D eigenvalue weighted by atomic mass is 19.4. The first kappa shape index (κ1) is 36.9. The summed E-state index contributed by atoms with van der Waals surface area (Å²) < 4.78 is 44.8. The van der Waals surface area contributed by atoms with Gasteiger partial charge in [-0.15, -0.1) is 6.58 Å². The van der Waals surface area contributed by atoms with Gasteiger partial charge in [0.05, 0.1) is 18.8 Å². The maximum absolute atomic E-state index is 14.1. The summed E-state index contributed by atoms with van der Waals surface area (Å²) in [6.07, 6.45) is 0.151. The Hall–Kier alpha value is -4.90. The number of rotatable bonds is 14. The molecule has 1 aliphatic heterocycles. The van der Waals surface area contributed by atoms with Crippen molar-refractivity contribution in [3.05, 3.63) is 120 Å². The molecule has 49 heavy (non-hydrogen) atoms. The number of alkyl halides is 3. The fourth-order valence-corrected chi connectivity index (χ4v) is 5.58. The van der Waals surface area contributed by atoms with E-state index in [0.717, 1.165) is 28.9 Å². The highest BCUT2D eigenvalue weighted by Gasteiger charge is 2.32. The Morgan fingerprint density at radius 2 is 1.57 bits per heavy atom. The Morgan fingerprint density at radius 1 is 0.918 bits per heavy atom. The lowest BCUT2D eigenvalue weighted by Gasteiger charge is -2.36. The number of hydrogen-bond acceptors (Lipinski definition) is 5. The molecule has 0 radical (unpaired) electrons. The fourth-order valence-electron chi connectivity index (χ4n) is 5.58. The smallest absolute Gasteiger partial charge is 0.376 e. The van der Waals surface area contributed by atoms with Gasteiger partial charge in [-0.05, 0) is 47.0 Å². The summed E-state index contributed by atoms with van der Waals surface area (Å²) in [5.74, 6) is -0.682. The Labute approximate surface area is 286 Å². The lowest BCUT2D eigenvalue weighted by Crippen LogP contribution is -2.51. The number of anilines is 1. The SMILES string of the molecule is C=CCOCCN(C)C(=O)C(Cc1ccccc1)N(Cc1ccc(N2CCN(C(C)=O)CC2)cc1)C(=O)C=Cc1ccc(C(F)(F)F)cc1. The first-order valence-electron chi connectivity index (χ1n) is 16.2. The van der Waals surface area contributed by atoms with Crippen LogP contribution in [0.15, 0.2) is 97.6 Å². The Balaban J connectivity index is 1.62. The van der Waals surface area contributed by atoms with Crippen LogP contribution in [0.25, 0.3) is 6.08 Å². The van der Waals surface area contributed by atoms with Crippen molar-refractivity contribution in [2.75, 3.05) is 57.9 Å². The van der Waals surface area contributed by atoms with Crippen molar-refractivity contribution in [2.45, 2.75) is 32.1 Å². The topological polar surface area (TPSA) is 73.4 Å². The molecule has 260 valence electrons. The van der Waals surface area contributed by atoms with Crippen LogP contribution in [-0.4, -0.2) is 91.4 Å². The third-order valence-electron chi connectivity index (χ3n) is 8.43. The van der Waals surface area contributed by atoms with Gasteiger partial charge in [0.15, 0.2) is 0 Å². The van der Waals surface area contributed by atoms with Crippen molar-refractivity contribution in [2.24, 2.45) is 0 Å². The van der Waals surface area contributed by atoms with Crippen molar-refractivity contribution < 1.29 is 32.3 Å². The summed E-state index contributed by atoms with van der Waals surface area (Å²) in [4.78, 5) is 46.9. The van der Waals surface area contributed by atoms with Gasteiger partial charge in [-0.2, -0.15) is 13.2 Å². The summed E-state index contributed by atoms with van der Waals surface area (Å²) in [6, 6.07) is 20.8. The van der Waals surface area contributed by atoms with E-state index in [-0.39, 0.29) is 31.4 Å². The maximum atomic E-state index is 14.1. The zero-order chi connectivity index (χ0) is 35.4. The quantitative estimate of drug-likeness (QED) is 0.125. The van der Waals surface area contributed by atoms with Gasteiger partial charge in [0.1, 0.15) is 6.04 Å². The first-order valence-corrected chi connectivity index (χ1v) is 16.2. The summed E-state index contributed by atoms with van der Waals surface area (Å²) in [5, 5.41) is 0. The van der Waals surface area contributed by atoms with Gasteiger partial charge in [0.2, 0.25) is 17.7 Å². The van der Waals surface area contributed by atoms with Crippen molar-refractivity contribution in [3.8, 4) is 0 Å². The number of carbonyl (C=O) groups is 3. The van der Waals surface area contributed by atoms with E-state index in [4.69, 9.17) is 4.74 Å². The lowest BCUT2D eigenvalue weighted by atomic mass is 10.0. The van der Waals surface area contributed by atoms with E-state index in [1.165, 1.54) is 29.2 Å². The first-order chi connectivity index (χ1) is 23.5. The molecule has 0 N–H and O–H groups in total. The molecule has 0 bridgehead atoms. The van der Waals surface area contributed by atoms with Crippen LogP contribution in [0.3, 0.4) is 0 Å². The molecule has 0 spiro atoms. The highest BCUT2D eigenvalue weighted by molar-refractivity contribution is 5.95. The van der Waals surface area contributed by atoms with Crippen LogP contribution in [0.5, 0.6) is 0 Å². The molecule has 1 aliphatic rings. The van der Waals surface area contributed by atoms with E-state index in [1.54, 1.807) is 24.9 Å². The van der Waals surface area contributed by atoms with Crippen molar-refractivity contribution >= 4 is 29.5 Å². The molecule has 1 atom stereocenters. The summed E-state index contributed by atoms with van der Waals surface area (Å²) in [7, 11) is 1.67. The molecule has 1 unspecified atom stereocenters. The number of piperazine rings is 1. The number of nitrogens with zero attached hydrogens (tertiary/aromatic N) is 4. The van der Waals surface area contributed by atoms with E-state index < -0.39 is 23.7 Å². The zero-order valence-electron chi connectivity index (χ0n) is 27.9. The zero-order valence-corrected chi connectivity index (χ0v) is 27.9. The minimum Gasteiger partial charge on any atom is -0.376 e. The van der Waals surface area contributed by atoms with E-state index in [0.29, 0.717) is 44.9 Å². The highest BCUT2D eigenvalue weighted by Crippen LogP contribution is 2.29. The molecular formula is C38H43F3N4O4. The molecule has 3 aromatic carbocycles. The summed E-state index contributed by atoms with van der Waals surface area (Å²) in [6.45, 7) is 8.94. The molecular weight excluding hydrogens is 633 g/mol. The third kappa shape index (κ3) is 10.8. The van der Waals surface area contributed by atoms with Crippen LogP contribution in [0.1, 0.15) is 29.2 Å². The number of halogens is 3. The van der Waals surface area contributed by atoms with E-state index >= 15 is 0 Å². The Kier molecular flexibility index (Phi) is 13.2. The van der Waals surface area contributed by atoms with Crippen LogP contribution in [0.4, 0.5) is 18.9 Å². The predicted octanol–water partition coefficient (Wildman–Crippen LogP) is 5.69. The normalized spacial score (nSPS) is 14.1. The third-order valence-corrected chi connectivity index (χ3v) is 8.43. The number of ether oxygens (including phenoxy) is 1. The molecule has 1 saturated heterocycles. The number of carbonyl (C=O) groups excluding carboxylic acids is 3. The molecule has 0 aliphatic carbocycles. The van der Waals surface area contributed by atoms with Gasteiger partial charge < -0.3 is 24.3 Å². The van der Waals surface area contributed by atoms with Crippen molar-refractivity contribution in [1.29, 1.82) is 0 Å². The molecule has 3 aromatic rings. The number of benzene rings is 3. The monoisotopic (exact) mass is 676 g/mol. The molecule has 3 amide bonds. The van der Waals surface area contributed by atoms with Crippen LogP contribution >= 0.6 is 0 Å². The van der Waals surface area contributed by atoms with Crippen molar-refractivity contribution in [1.82, 2.24) is 14.7 Å². The molecule has 0 aromatic heterocycles. The molecule has 1 heterocycles. The average molecular weight is 677 g/mol. The molecule has 1 fully saturated rings. The molecule has 8 nitrogen and oxygen atoms in total. The lowest BCUT2D eigenvalue weighted by molar-refractivity contribution is -0.143. The largest absolute Gasteiger partial charge is 0.416 e. The fraction of sp³-hybridized carbons (Fsp3) is 0.342. The van der Waals surface area contributed by atoms with E-state index in [9.17, 15) is 27.6 Å². The second-order valence-electron chi connectivity index (χ2n) is 11.9. The number of likely N-dealkylation sites (N-methyl/N-ethyl adjacent to an activating group) is 1. The van der Waals surface area contributed by atoms with Gasteiger partial charge in [-0.1, -0.05) is 60.7 Å².